The van der Waals surface area contributed by atoms with E-state index in [0.717, 1.165) is 16.9 Å². The highest BCUT2D eigenvalue weighted by Crippen LogP contribution is 2.38. The number of thiophene rings is 1. The van der Waals surface area contributed by atoms with Crippen molar-refractivity contribution < 1.29 is 23.8 Å². The zero-order valence-corrected chi connectivity index (χ0v) is 20.0. The van der Waals surface area contributed by atoms with Crippen molar-refractivity contribution in [2.75, 3.05) is 27.9 Å². The smallest absolute Gasteiger partial charge is 0.251 e. The van der Waals surface area contributed by atoms with E-state index in [1.54, 1.807) is 23.5 Å². The molecule has 3 rings (SSSR count). The summed E-state index contributed by atoms with van der Waals surface area (Å²) in [6.45, 7) is 1.93. The van der Waals surface area contributed by atoms with Crippen molar-refractivity contribution in [1.82, 2.24) is 10.6 Å². The van der Waals surface area contributed by atoms with Crippen molar-refractivity contribution in [2.24, 2.45) is 0 Å². The van der Waals surface area contributed by atoms with Gasteiger partial charge in [0.1, 0.15) is 0 Å². The SMILES string of the molecule is CCc1ccc(C(NC(=O)CNC(=O)c2cc(OC)c(OC)c(OC)c2)c2cccs2)cc1. The van der Waals surface area contributed by atoms with Crippen LogP contribution in [0, 0.1) is 0 Å². The average Bonchev–Trinajstić information content (AvgIpc) is 3.39. The maximum Gasteiger partial charge on any atom is 0.251 e. The summed E-state index contributed by atoms with van der Waals surface area (Å²) < 4.78 is 15.9. The average molecular weight is 469 g/mol. The van der Waals surface area contributed by atoms with Crippen molar-refractivity contribution in [3.63, 3.8) is 0 Å². The molecular formula is C25H28N2O5S. The standard InChI is InChI=1S/C25H28N2O5S/c1-5-16-8-10-17(11-9-16)23(21-7-6-12-33-21)27-22(28)15-26-25(29)18-13-19(30-2)24(32-4)20(14-18)31-3/h6-14,23H,5,15H2,1-4H3,(H,26,29)(H,27,28). The van der Waals surface area contributed by atoms with Crippen molar-refractivity contribution in [3.8, 4) is 17.2 Å². The van der Waals surface area contributed by atoms with Crippen LogP contribution in [0.4, 0.5) is 0 Å². The summed E-state index contributed by atoms with van der Waals surface area (Å²) in [6, 6.07) is 14.9. The van der Waals surface area contributed by atoms with E-state index in [-0.39, 0.29) is 18.5 Å². The molecule has 0 aliphatic heterocycles. The Kier molecular flexibility index (Phi) is 8.32. The summed E-state index contributed by atoms with van der Waals surface area (Å²) in [5, 5.41) is 7.66. The molecule has 0 bridgehead atoms. The first kappa shape index (κ1) is 24.1. The Morgan fingerprint density at radius 2 is 1.64 bits per heavy atom. The number of rotatable bonds is 10. The molecule has 8 heteroatoms. The van der Waals surface area contributed by atoms with E-state index in [9.17, 15) is 9.59 Å². The van der Waals surface area contributed by atoms with Gasteiger partial charge >= 0.3 is 0 Å². The molecule has 2 N–H and O–H groups in total. The number of ether oxygens (including phenoxy) is 3. The molecule has 2 aromatic carbocycles. The highest BCUT2D eigenvalue weighted by molar-refractivity contribution is 7.10. The normalized spacial score (nSPS) is 11.4. The minimum atomic E-state index is -0.427. The van der Waals surface area contributed by atoms with Gasteiger partial charge in [-0.25, -0.2) is 0 Å². The molecule has 0 aliphatic carbocycles. The molecule has 2 amide bonds. The number of amides is 2. The van der Waals surface area contributed by atoms with Gasteiger partial charge in [0, 0.05) is 10.4 Å². The first-order valence-corrected chi connectivity index (χ1v) is 11.4. The number of methoxy groups -OCH3 is 3. The molecule has 33 heavy (non-hydrogen) atoms. The van der Waals surface area contributed by atoms with Crippen molar-refractivity contribution in [3.05, 3.63) is 75.5 Å². The Morgan fingerprint density at radius 1 is 0.970 bits per heavy atom. The second kappa shape index (κ2) is 11.4. The van der Waals surface area contributed by atoms with Crippen LogP contribution < -0.4 is 24.8 Å². The van der Waals surface area contributed by atoms with Crippen molar-refractivity contribution >= 4 is 23.2 Å². The number of benzene rings is 2. The van der Waals surface area contributed by atoms with E-state index in [0.29, 0.717) is 22.8 Å². The Morgan fingerprint density at radius 3 is 2.15 bits per heavy atom. The molecule has 0 saturated carbocycles. The van der Waals surface area contributed by atoms with Crippen LogP contribution >= 0.6 is 11.3 Å². The molecular weight excluding hydrogens is 440 g/mol. The number of carbonyl (C=O) groups excluding carboxylic acids is 2. The van der Waals surface area contributed by atoms with Gasteiger partial charge in [-0.15, -0.1) is 11.3 Å². The lowest BCUT2D eigenvalue weighted by molar-refractivity contribution is -0.120. The number of carbonyl (C=O) groups is 2. The molecule has 1 atom stereocenters. The Balaban J connectivity index is 1.70. The first-order chi connectivity index (χ1) is 16.0. The Labute approximate surface area is 197 Å². The molecule has 174 valence electrons. The maximum atomic E-state index is 12.7. The predicted molar refractivity (Wildman–Crippen MR) is 129 cm³/mol. The third kappa shape index (κ3) is 5.84. The third-order valence-corrected chi connectivity index (χ3v) is 6.13. The van der Waals surface area contributed by atoms with Crippen LogP contribution in [0.2, 0.25) is 0 Å². The van der Waals surface area contributed by atoms with E-state index in [2.05, 4.69) is 29.7 Å². The van der Waals surface area contributed by atoms with Crippen LogP contribution in [0.5, 0.6) is 17.2 Å². The second-order valence-electron chi connectivity index (χ2n) is 7.21. The fourth-order valence-corrected chi connectivity index (χ4v) is 4.21. The van der Waals surface area contributed by atoms with Gasteiger partial charge in [-0.2, -0.15) is 0 Å². The number of hydrogen-bond donors (Lipinski definition) is 2. The van der Waals surface area contributed by atoms with Gasteiger partial charge in [0.2, 0.25) is 11.7 Å². The molecule has 1 aromatic heterocycles. The lowest BCUT2D eigenvalue weighted by Crippen LogP contribution is -2.38. The molecule has 0 saturated heterocycles. The van der Waals surface area contributed by atoms with Crippen LogP contribution in [0.25, 0.3) is 0 Å². The number of hydrogen-bond acceptors (Lipinski definition) is 6. The van der Waals surface area contributed by atoms with Crippen LogP contribution in [-0.4, -0.2) is 39.7 Å². The van der Waals surface area contributed by atoms with Gasteiger partial charge in [-0.05, 0) is 41.1 Å². The fraction of sp³-hybridized carbons (Fsp3) is 0.280. The van der Waals surface area contributed by atoms with Crippen LogP contribution in [0.15, 0.2) is 53.9 Å². The predicted octanol–water partition coefficient (Wildman–Crippen LogP) is 3.97. The van der Waals surface area contributed by atoms with E-state index < -0.39 is 5.91 Å². The molecule has 0 fully saturated rings. The molecule has 0 aliphatic rings. The fourth-order valence-electron chi connectivity index (χ4n) is 3.41. The van der Waals surface area contributed by atoms with Crippen LogP contribution in [0.3, 0.4) is 0 Å². The summed E-state index contributed by atoms with van der Waals surface area (Å²) in [6.07, 6.45) is 0.948. The minimum Gasteiger partial charge on any atom is -0.493 e. The largest absolute Gasteiger partial charge is 0.493 e. The summed E-state index contributed by atoms with van der Waals surface area (Å²) in [5.41, 5.74) is 2.51. The minimum absolute atomic E-state index is 0.176. The summed E-state index contributed by atoms with van der Waals surface area (Å²) in [7, 11) is 4.44. The molecule has 1 unspecified atom stereocenters. The van der Waals surface area contributed by atoms with Crippen molar-refractivity contribution in [2.45, 2.75) is 19.4 Å². The first-order valence-electron chi connectivity index (χ1n) is 10.5. The van der Waals surface area contributed by atoms with Gasteiger partial charge < -0.3 is 24.8 Å². The van der Waals surface area contributed by atoms with Gasteiger partial charge in [0.05, 0.1) is 33.9 Å². The van der Waals surface area contributed by atoms with Crippen LogP contribution in [-0.2, 0) is 11.2 Å². The van der Waals surface area contributed by atoms with Gasteiger partial charge in [0.25, 0.3) is 5.91 Å². The van der Waals surface area contributed by atoms with E-state index >= 15 is 0 Å². The number of aryl methyl sites for hydroxylation is 1. The van der Waals surface area contributed by atoms with Crippen LogP contribution in [0.1, 0.15) is 39.3 Å². The second-order valence-corrected chi connectivity index (χ2v) is 8.19. The highest BCUT2D eigenvalue weighted by atomic mass is 32.1. The zero-order chi connectivity index (χ0) is 23.8. The highest BCUT2D eigenvalue weighted by Gasteiger charge is 2.20. The maximum absolute atomic E-state index is 12.7. The molecule has 3 aromatic rings. The lowest BCUT2D eigenvalue weighted by atomic mass is 10.0. The molecule has 0 spiro atoms. The van der Waals surface area contributed by atoms with E-state index in [1.165, 1.54) is 26.9 Å². The lowest BCUT2D eigenvalue weighted by Gasteiger charge is -2.19. The van der Waals surface area contributed by atoms with E-state index in [1.807, 2.05) is 29.6 Å². The summed E-state index contributed by atoms with van der Waals surface area (Å²) >= 11 is 1.57. The topological polar surface area (TPSA) is 85.9 Å². The third-order valence-electron chi connectivity index (χ3n) is 5.19. The Hall–Kier alpha value is -3.52. The molecule has 7 nitrogen and oxygen atoms in total. The van der Waals surface area contributed by atoms with Crippen molar-refractivity contribution in [1.29, 1.82) is 0 Å². The quantitative estimate of drug-likeness (QED) is 0.470. The van der Waals surface area contributed by atoms with Gasteiger partial charge in [-0.1, -0.05) is 37.3 Å². The summed E-state index contributed by atoms with van der Waals surface area (Å²) in [4.78, 5) is 26.5. The van der Waals surface area contributed by atoms with E-state index in [4.69, 9.17) is 14.2 Å². The summed E-state index contributed by atoms with van der Waals surface area (Å²) in [5.74, 6) is 0.389. The Bertz CT molecular complexity index is 1060. The number of nitrogens with one attached hydrogen (secondary N) is 2. The monoisotopic (exact) mass is 468 g/mol. The molecule has 1 heterocycles. The molecule has 0 radical (unpaired) electrons. The van der Waals surface area contributed by atoms with Gasteiger partial charge in [-0.3, -0.25) is 9.59 Å². The van der Waals surface area contributed by atoms with Gasteiger partial charge in [0.15, 0.2) is 11.5 Å². The zero-order valence-electron chi connectivity index (χ0n) is 19.1.